The third-order valence-electron chi connectivity index (χ3n) is 4.36. The van der Waals surface area contributed by atoms with Crippen LogP contribution >= 0.6 is 0 Å². The monoisotopic (exact) mass is 224 g/mol. The summed E-state index contributed by atoms with van der Waals surface area (Å²) in [5.74, 6) is 1.07. The molecule has 1 amide bonds. The fourth-order valence-electron chi connectivity index (χ4n) is 2.79. The lowest BCUT2D eigenvalue weighted by Gasteiger charge is -2.34. The SMILES string of the molecule is CCN(CC1CC1)C(=O)C1(C)CCCC1N. The fourth-order valence-corrected chi connectivity index (χ4v) is 2.79. The van der Waals surface area contributed by atoms with E-state index in [0.29, 0.717) is 5.91 Å². The Morgan fingerprint density at radius 3 is 2.56 bits per heavy atom. The van der Waals surface area contributed by atoms with E-state index in [0.717, 1.165) is 38.3 Å². The van der Waals surface area contributed by atoms with E-state index in [-0.39, 0.29) is 11.5 Å². The zero-order valence-corrected chi connectivity index (χ0v) is 10.5. The Hall–Kier alpha value is -0.570. The van der Waals surface area contributed by atoms with Gasteiger partial charge in [-0.15, -0.1) is 0 Å². The second-order valence-corrected chi connectivity index (χ2v) is 5.70. The van der Waals surface area contributed by atoms with Crippen LogP contribution in [0, 0.1) is 11.3 Å². The fraction of sp³-hybridized carbons (Fsp3) is 0.923. The highest BCUT2D eigenvalue weighted by molar-refractivity contribution is 5.83. The predicted octanol–water partition coefficient (Wildman–Crippen LogP) is 1.76. The molecule has 0 aromatic rings. The standard InChI is InChI=1S/C13H24N2O/c1-3-15(9-10-6-7-10)12(16)13(2)8-4-5-11(13)14/h10-11H,3-9,14H2,1-2H3. The number of nitrogens with two attached hydrogens (primary N) is 1. The summed E-state index contributed by atoms with van der Waals surface area (Å²) in [5.41, 5.74) is 5.82. The summed E-state index contributed by atoms with van der Waals surface area (Å²) >= 11 is 0. The first-order valence-corrected chi connectivity index (χ1v) is 6.63. The van der Waals surface area contributed by atoms with Gasteiger partial charge in [-0.3, -0.25) is 4.79 Å². The number of rotatable bonds is 4. The number of hydrogen-bond acceptors (Lipinski definition) is 2. The van der Waals surface area contributed by atoms with Crippen LogP contribution in [0.3, 0.4) is 0 Å². The number of carbonyl (C=O) groups excluding carboxylic acids is 1. The molecule has 0 aliphatic heterocycles. The molecule has 0 bridgehead atoms. The van der Waals surface area contributed by atoms with Gasteiger partial charge in [-0.2, -0.15) is 0 Å². The summed E-state index contributed by atoms with van der Waals surface area (Å²) in [7, 11) is 0. The van der Waals surface area contributed by atoms with Crippen LogP contribution in [0.15, 0.2) is 0 Å². The second kappa shape index (κ2) is 4.36. The molecule has 3 heteroatoms. The molecule has 3 nitrogen and oxygen atoms in total. The zero-order chi connectivity index (χ0) is 11.8. The minimum Gasteiger partial charge on any atom is -0.342 e. The van der Waals surface area contributed by atoms with Gasteiger partial charge in [-0.05, 0) is 45.4 Å². The highest BCUT2D eigenvalue weighted by Gasteiger charge is 2.45. The van der Waals surface area contributed by atoms with Gasteiger partial charge in [-0.1, -0.05) is 6.42 Å². The minimum absolute atomic E-state index is 0.0632. The van der Waals surface area contributed by atoms with Crippen molar-refractivity contribution >= 4 is 5.91 Å². The third kappa shape index (κ3) is 2.10. The predicted molar refractivity (Wildman–Crippen MR) is 64.9 cm³/mol. The second-order valence-electron chi connectivity index (χ2n) is 5.70. The number of carbonyl (C=O) groups is 1. The van der Waals surface area contributed by atoms with Crippen LogP contribution in [0.25, 0.3) is 0 Å². The molecule has 92 valence electrons. The van der Waals surface area contributed by atoms with Crippen LogP contribution in [0.4, 0.5) is 0 Å². The molecule has 2 N–H and O–H groups in total. The van der Waals surface area contributed by atoms with E-state index in [9.17, 15) is 4.79 Å². The maximum absolute atomic E-state index is 12.5. The molecular weight excluding hydrogens is 200 g/mol. The molecule has 0 heterocycles. The van der Waals surface area contributed by atoms with Crippen molar-refractivity contribution in [3.8, 4) is 0 Å². The first-order chi connectivity index (χ1) is 7.58. The summed E-state index contributed by atoms with van der Waals surface area (Å²) < 4.78 is 0. The summed E-state index contributed by atoms with van der Waals surface area (Å²) in [4.78, 5) is 14.5. The van der Waals surface area contributed by atoms with Gasteiger partial charge in [-0.25, -0.2) is 0 Å². The molecule has 2 rings (SSSR count). The molecule has 2 unspecified atom stereocenters. The number of amides is 1. The van der Waals surface area contributed by atoms with Crippen LogP contribution in [0.2, 0.25) is 0 Å². The molecule has 16 heavy (non-hydrogen) atoms. The molecule has 0 aromatic carbocycles. The molecule has 2 saturated carbocycles. The van der Waals surface area contributed by atoms with Crippen molar-refractivity contribution in [2.24, 2.45) is 17.1 Å². The Morgan fingerprint density at radius 2 is 2.12 bits per heavy atom. The Balaban J connectivity index is 2.02. The van der Waals surface area contributed by atoms with Crippen LogP contribution in [-0.2, 0) is 4.79 Å². The Morgan fingerprint density at radius 1 is 1.44 bits per heavy atom. The van der Waals surface area contributed by atoms with E-state index in [1.165, 1.54) is 12.8 Å². The van der Waals surface area contributed by atoms with Crippen LogP contribution in [0.1, 0.15) is 46.0 Å². The van der Waals surface area contributed by atoms with Gasteiger partial charge in [0.2, 0.25) is 5.91 Å². The minimum atomic E-state index is -0.287. The lowest BCUT2D eigenvalue weighted by Crippen LogP contribution is -2.49. The van der Waals surface area contributed by atoms with E-state index in [4.69, 9.17) is 5.73 Å². The average Bonchev–Trinajstić information content (AvgIpc) is 3.02. The molecule has 0 aromatic heterocycles. The van der Waals surface area contributed by atoms with Crippen LogP contribution in [0.5, 0.6) is 0 Å². The van der Waals surface area contributed by atoms with Crippen molar-refractivity contribution in [1.29, 1.82) is 0 Å². The molecule has 2 aliphatic carbocycles. The topological polar surface area (TPSA) is 46.3 Å². The number of nitrogens with zero attached hydrogens (tertiary/aromatic N) is 1. The van der Waals surface area contributed by atoms with E-state index >= 15 is 0 Å². The van der Waals surface area contributed by atoms with Gasteiger partial charge in [0.1, 0.15) is 0 Å². The lowest BCUT2D eigenvalue weighted by molar-refractivity contribution is -0.141. The van der Waals surface area contributed by atoms with Crippen molar-refractivity contribution < 1.29 is 4.79 Å². The Labute approximate surface area is 98.4 Å². The van der Waals surface area contributed by atoms with E-state index in [1.807, 2.05) is 4.90 Å². The normalized spacial score (nSPS) is 34.1. The smallest absolute Gasteiger partial charge is 0.230 e. The van der Waals surface area contributed by atoms with Crippen LogP contribution < -0.4 is 5.73 Å². The van der Waals surface area contributed by atoms with Gasteiger partial charge < -0.3 is 10.6 Å². The summed E-state index contributed by atoms with van der Waals surface area (Å²) in [6, 6.07) is 0.0632. The zero-order valence-electron chi connectivity index (χ0n) is 10.5. The van der Waals surface area contributed by atoms with Crippen molar-refractivity contribution in [2.45, 2.75) is 52.0 Å². The molecule has 0 spiro atoms. The summed E-state index contributed by atoms with van der Waals surface area (Å²) in [6.07, 6.45) is 5.67. The molecular formula is C13H24N2O. The average molecular weight is 224 g/mol. The van der Waals surface area contributed by atoms with Crippen molar-refractivity contribution in [2.75, 3.05) is 13.1 Å². The van der Waals surface area contributed by atoms with Crippen molar-refractivity contribution in [1.82, 2.24) is 4.90 Å². The number of hydrogen-bond donors (Lipinski definition) is 1. The Bertz CT molecular complexity index is 275. The quantitative estimate of drug-likeness (QED) is 0.791. The van der Waals surface area contributed by atoms with Crippen LogP contribution in [-0.4, -0.2) is 29.9 Å². The van der Waals surface area contributed by atoms with Gasteiger partial charge in [0.05, 0.1) is 5.41 Å². The molecule has 0 radical (unpaired) electrons. The largest absolute Gasteiger partial charge is 0.342 e. The maximum Gasteiger partial charge on any atom is 0.230 e. The summed E-state index contributed by atoms with van der Waals surface area (Å²) in [6.45, 7) is 5.92. The summed E-state index contributed by atoms with van der Waals surface area (Å²) in [5, 5.41) is 0. The van der Waals surface area contributed by atoms with Gasteiger partial charge in [0, 0.05) is 19.1 Å². The van der Waals surface area contributed by atoms with Crippen molar-refractivity contribution in [3.05, 3.63) is 0 Å². The molecule has 2 aliphatic rings. The van der Waals surface area contributed by atoms with Gasteiger partial charge >= 0.3 is 0 Å². The maximum atomic E-state index is 12.5. The third-order valence-corrected chi connectivity index (χ3v) is 4.36. The van der Waals surface area contributed by atoms with E-state index in [1.54, 1.807) is 0 Å². The molecule has 0 saturated heterocycles. The van der Waals surface area contributed by atoms with Gasteiger partial charge in [0.15, 0.2) is 0 Å². The molecule has 2 atom stereocenters. The van der Waals surface area contributed by atoms with Gasteiger partial charge in [0.25, 0.3) is 0 Å². The Kier molecular flexibility index (Phi) is 3.24. The first kappa shape index (κ1) is 11.9. The lowest BCUT2D eigenvalue weighted by atomic mass is 9.83. The highest BCUT2D eigenvalue weighted by Crippen LogP contribution is 2.39. The van der Waals surface area contributed by atoms with Crippen molar-refractivity contribution in [3.63, 3.8) is 0 Å². The molecule has 2 fully saturated rings. The highest BCUT2D eigenvalue weighted by atomic mass is 16.2. The first-order valence-electron chi connectivity index (χ1n) is 6.63. The van der Waals surface area contributed by atoms with E-state index in [2.05, 4.69) is 13.8 Å². The van der Waals surface area contributed by atoms with E-state index < -0.39 is 0 Å².